The van der Waals surface area contributed by atoms with Crippen molar-refractivity contribution < 1.29 is 23.5 Å². The molecule has 1 heterocycles. The number of nitrogens with zero attached hydrogens (tertiary/aromatic N) is 2. The average Bonchev–Trinajstić information content (AvgIpc) is 3.43. The molecule has 0 bridgehead atoms. The summed E-state index contributed by atoms with van der Waals surface area (Å²) in [6.07, 6.45) is 1.51. The molecule has 0 saturated heterocycles. The van der Waals surface area contributed by atoms with E-state index in [1.54, 1.807) is 24.3 Å². The molecule has 5 aromatic rings. The Balaban J connectivity index is 1.22. The number of aryl methyl sites for hydroxylation is 1. The van der Waals surface area contributed by atoms with Crippen LogP contribution in [-0.4, -0.2) is 35.8 Å². The van der Waals surface area contributed by atoms with Gasteiger partial charge in [-0.25, -0.2) is 9.82 Å². The Morgan fingerprint density at radius 2 is 1.67 bits per heavy atom. The predicted octanol–water partition coefficient (Wildman–Crippen LogP) is 7.38. The van der Waals surface area contributed by atoms with Crippen LogP contribution in [0.1, 0.15) is 28.5 Å². The van der Waals surface area contributed by atoms with Crippen molar-refractivity contribution >= 4 is 46.3 Å². The fraction of sp³-hybridized carbons (Fsp3) is 0.114. The lowest BCUT2D eigenvalue weighted by atomic mass is 10.1. The lowest BCUT2D eigenvalue weighted by Crippen LogP contribution is -2.20. The van der Waals surface area contributed by atoms with Crippen LogP contribution in [-0.2, 0) is 4.79 Å². The molecule has 0 radical (unpaired) electrons. The molecule has 45 heavy (non-hydrogen) atoms. The maximum absolute atomic E-state index is 13.1. The van der Waals surface area contributed by atoms with E-state index in [1.165, 1.54) is 30.5 Å². The molecule has 2 amide bonds. The summed E-state index contributed by atoms with van der Waals surface area (Å²) in [6, 6.07) is 30.6. The first-order valence-corrected chi connectivity index (χ1v) is 15.2. The summed E-state index contributed by atoms with van der Waals surface area (Å²) in [7, 11) is 0. The summed E-state index contributed by atoms with van der Waals surface area (Å²) >= 11 is 2.09. The predicted molar refractivity (Wildman–Crippen MR) is 182 cm³/mol. The van der Waals surface area contributed by atoms with Gasteiger partial charge in [0.1, 0.15) is 5.82 Å². The van der Waals surface area contributed by atoms with Gasteiger partial charge in [-0.15, -0.1) is 0 Å². The molecular formula is C35H30FIN4O4. The highest BCUT2D eigenvalue weighted by Gasteiger charge is 2.15. The van der Waals surface area contributed by atoms with E-state index in [2.05, 4.69) is 67.3 Å². The van der Waals surface area contributed by atoms with Crippen LogP contribution in [0.5, 0.6) is 11.5 Å². The Bertz CT molecular complexity index is 1820. The lowest BCUT2D eigenvalue weighted by Gasteiger charge is -2.14. The maximum Gasteiger partial charge on any atom is 0.271 e. The maximum atomic E-state index is 13.1. The van der Waals surface area contributed by atoms with Crippen LogP contribution in [0.15, 0.2) is 108 Å². The number of halogens is 2. The van der Waals surface area contributed by atoms with E-state index in [1.807, 2.05) is 44.2 Å². The van der Waals surface area contributed by atoms with Gasteiger partial charge in [0.25, 0.3) is 11.8 Å². The molecule has 5 rings (SSSR count). The number of hydrogen-bond acceptors (Lipinski definition) is 5. The van der Waals surface area contributed by atoms with Crippen LogP contribution in [0, 0.1) is 16.3 Å². The van der Waals surface area contributed by atoms with E-state index in [9.17, 15) is 14.0 Å². The number of amides is 2. The Morgan fingerprint density at radius 1 is 0.933 bits per heavy atom. The number of anilines is 1. The molecule has 1 aromatic heterocycles. The van der Waals surface area contributed by atoms with Gasteiger partial charge in [-0.1, -0.05) is 30.3 Å². The van der Waals surface area contributed by atoms with Crippen molar-refractivity contribution in [1.82, 2.24) is 9.99 Å². The van der Waals surface area contributed by atoms with E-state index < -0.39 is 11.7 Å². The summed E-state index contributed by atoms with van der Waals surface area (Å²) in [5.74, 6) is -0.309. The minimum atomic E-state index is -0.402. The molecule has 228 valence electrons. The number of carbonyl (C=O) groups is 2. The molecule has 0 aliphatic carbocycles. The van der Waals surface area contributed by atoms with E-state index in [4.69, 9.17) is 9.47 Å². The Morgan fingerprint density at radius 3 is 2.38 bits per heavy atom. The summed E-state index contributed by atoms with van der Waals surface area (Å²) < 4.78 is 27.5. The highest BCUT2D eigenvalue weighted by atomic mass is 127. The molecule has 0 atom stereocenters. The molecule has 0 aliphatic rings. The zero-order valence-electron chi connectivity index (χ0n) is 24.6. The summed E-state index contributed by atoms with van der Waals surface area (Å²) in [4.78, 5) is 25.2. The Labute approximate surface area is 274 Å². The Hall–Kier alpha value is -4.97. The van der Waals surface area contributed by atoms with E-state index in [0.29, 0.717) is 38.5 Å². The van der Waals surface area contributed by atoms with Crippen molar-refractivity contribution in [1.29, 1.82) is 0 Å². The fourth-order valence-electron chi connectivity index (χ4n) is 4.64. The van der Waals surface area contributed by atoms with Gasteiger partial charge in [-0.3, -0.25) is 9.59 Å². The van der Waals surface area contributed by atoms with Gasteiger partial charge in [0, 0.05) is 22.6 Å². The number of aromatic nitrogens is 1. The summed E-state index contributed by atoms with van der Waals surface area (Å²) in [6.45, 7) is 3.99. The van der Waals surface area contributed by atoms with Crippen molar-refractivity contribution in [3.63, 3.8) is 0 Å². The van der Waals surface area contributed by atoms with Crippen LogP contribution in [0.3, 0.4) is 0 Å². The highest BCUT2D eigenvalue weighted by Crippen LogP contribution is 2.34. The van der Waals surface area contributed by atoms with Crippen LogP contribution in [0.25, 0.3) is 16.9 Å². The molecule has 0 aliphatic heterocycles. The molecular weight excluding hydrogens is 686 g/mol. The van der Waals surface area contributed by atoms with Crippen molar-refractivity contribution in [2.75, 3.05) is 18.5 Å². The minimum Gasteiger partial charge on any atom is -0.490 e. The molecule has 2 N–H and O–H groups in total. The number of rotatable bonds is 11. The van der Waals surface area contributed by atoms with Gasteiger partial charge < -0.3 is 19.4 Å². The first-order chi connectivity index (χ1) is 21.8. The van der Waals surface area contributed by atoms with Gasteiger partial charge in [0.2, 0.25) is 0 Å². The SMILES string of the molecule is CCOc1cc(/C=N/NC(=O)c2ccc(-n3c(C)ccc3-c3ccccc3)cc2)cc(I)c1OCC(=O)Nc1ccc(F)cc1. The third-order valence-electron chi connectivity index (χ3n) is 6.72. The van der Waals surface area contributed by atoms with Crippen LogP contribution in [0.4, 0.5) is 10.1 Å². The first-order valence-electron chi connectivity index (χ1n) is 14.1. The average molecular weight is 717 g/mol. The van der Waals surface area contributed by atoms with Gasteiger partial charge in [0.05, 0.1) is 22.1 Å². The van der Waals surface area contributed by atoms with Crippen LogP contribution < -0.4 is 20.2 Å². The van der Waals surface area contributed by atoms with E-state index >= 15 is 0 Å². The molecule has 8 nitrogen and oxygen atoms in total. The lowest BCUT2D eigenvalue weighted by molar-refractivity contribution is -0.118. The molecule has 10 heteroatoms. The quantitative estimate of drug-likeness (QED) is 0.0848. The number of ether oxygens (including phenoxy) is 2. The van der Waals surface area contributed by atoms with Crippen LogP contribution >= 0.6 is 22.6 Å². The normalized spacial score (nSPS) is 10.9. The Kier molecular flexibility index (Phi) is 10.3. The third-order valence-corrected chi connectivity index (χ3v) is 7.52. The van der Waals surface area contributed by atoms with Crippen LogP contribution in [0.2, 0.25) is 0 Å². The number of hydrogen-bond donors (Lipinski definition) is 2. The second-order valence-corrected chi connectivity index (χ2v) is 11.1. The molecule has 0 unspecified atom stereocenters. The smallest absolute Gasteiger partial charge is 0.271 e. The number of benzene rings is 4. The number of hydrazone groups is 1. The molecule has 0 spiro atoms. The van der Waals surface area contributed by atoms with E-state index in [0.717, 1.165) is 22.6 Å². The fourth-order valence-corrected chi connectivity index (χ4v) is 5.42. The van der Waals surface area contributed by atoms with Gasteiger partial charge >= 0.3 is 0 Å². The molecule has 0 fully saturated rings. The monoisotopic (exact) mass is 716 g/mol. The highest BCUT2D eigenvalue weighted by molar-refractivity contribution is 14.1. The minimum absolute atomic E-state index is 0.271. The van der Waals surface area contributed by atoms with Crippen molar-refractivity contribution in [3.8, 4) is 28.4 Å². The second-order valence-electron chi connectivity index (χ2n) is 9.91. The topological polar surface area (TPSA) is 93.9 Å². The number of carbonyl (C=O) groups excluding carboxylic acids is 2. The van der Waals surface area contributed by atoms with Crippen molar-refractivity contribution in [2.24, 2.45) is 5.10 Å². The van der Waals surface area contributed by atoms with Gasteiger partial charge in [-0.2, -0.15) is 5.10 Å². The molecule has 4 aromatic carbocycles. The van der Waals surface area contributed by atoms with E-state index in [-0.39, 0.29) is 12.5 Å². The van der Waals surface area contributed by atoms with Crippen molar-refractivity contribution in [2.45, 2.75) is 13.8 Å². The van der Waals surface area contributed by atoms with Gasteiger partial charge in [0.15, 0.2) is 18.1 Å². The third kappa shape index (κ3) is 7.95. The zero-order chi connectivity index (χ0) is 31.8. The zero-order valence-corrected chi connectivity index (χ0v) is 26.7. The summed E-state index contributed by atoms with van der Waals surface area (Å²) in [5, 5.41) is 6.80. The second kappa shape index (κ2) is 14.7. The first kappa shape index (κ1) is 31.5. The van der Waals surface area contributed by atoms with Gasteiger partial charge in [-0.05, 0) is 120 Å². The molecule has 0 saturated carbocycles. The standard InChI is InChI=1S/C35H30FIN4O4/c1-3-44-32-20-24(19-30(37)34(32)45-22-33(42)39-28-14-12-27(36)13-15-28)21-38-40-35(43)26-10-16-29(17-11-26)41-23(2)9-18-31(41)25-7-5-4-6-8-25/h4-21H,3,22H2,1-2H3,(H,39,42)(H,40,43)/b38-21+. The summed E-state index contributed by atoms with van der Waals surface area (Å²) in [5.41, 5.74) is 8.38. The van der Waals surface area contributed by atoms with Crippen molar-refractivity contribution in [3.05, 3.63) is 129 Å². The number of nitrogens with one attached hydrogen (secondary N) is 2. The largest absolute Gasteiger partial charge is 0.490 e.